The SMILES string of the molecule is COc1ccc2c3c(ccc2c1)C(SC)=NC(C)(C)[C@H]3C. The summed E-state index contributed by atoms with van der Waals surface area (Å²) in [6.07, 6.45) is 2.10. The van der Waals surface area contributed by atoms with E-state index in [-0.39, 0.29) is 5.54 Å². The Kier molecular flexibility index (Phi) is 3.48. The number of ether oxygens (including phenoxy) is 1. The van der Waals surface area contributed by atoms with E-state index < -0.39 is 0 Å². The summed E-state index contributed by atoms with van der Waals surface area (Å²) in [5.74, 6) is 1.30. The second-order valence-corrected chi connectivity index (χ2v) is 6.91. The number of hydrogen-bond donors (Lipinski definition) is 0. The Balaban J connectivity index is 2.32. The first-order chi connectivity index (χ1) is 9.97. The first-order valence-electron chi connectivity index (χ1n) is 7.23. The van der Waals surface area contributed by atoms with Crippen LogP contribution >= 0.6 is 11.8 Å². The van der Waals surface area contributed by atoms with Gasteiger partial charge >= 0.3 is 0 Å². The molecule has 0 unspecified atom stereocenters. The van der Waals surface area contributed by atoms with Gasteiger partial charge in [-0.2, -0.15) is 0 Å². The predicted molar refractivity (Wildman–Crippen MR) is 93.0 cm³/mol. The Hall–Kier alpha value is -1.48. The maximum absolute atomic E-state index is 5.35. The molecule has 0 radical (unpaired) electrons. The van der Waals surface area contributed by atoms with E-state index in [1.54, 1.807) is 18.9 Å². The van der Waals surface area contributed by atoms with Crippen LogP contribution in [0.4, 0.5) is 0 Å². The molecule has 110 valence electrons. The van der Waals surface area contributed by atoms with Gasteiger partial charge in [0.15, 0.2) is 0 Å². The van der Waals surface area contributed by atoms with Gasteiger partial charge < -0.3 is 4.74 Å². The summed E-state index contributed by atoms with van der Waals surface area (Å²) < 4.78 is 5.35. The fourth-order valence-electron chi connectivity index (χ4n) is 3.04. The molecule has 0 amide bonds. The zero-order valence-corrected chi connectivity index (χ0v) is 14.0. The van der Waals surface area contributed by atoms with Crippen LogP contribution in [0.3, 0.4) is 0 Å². The summed E-state index contributed by atoms with van der Waals surface area (Å²) in [4.78, 5) is 4.95. The normalized spacial score (nSPS) is 20.0. The second kappa shape index (κ2) is 5.06. The zero-order chi connectivity index (χ0) is 15.2. The van der Waals surface area contributed by atoms with Crippen molar-refractivity contribution < 1.29 is 4.74 Å². The van der Waals surface area contributed by atoms with Gasteiger partial charge in [0.25, 0.3) is 0 Å². The van der Waals surface area contributed by atoms with Gasteiger partial charge in [-0.25, -0.2) is 0 Å². The van der Waals surface area contributed by atoms with Crippen LogP contribution in [0, 0.1) is 0 Å². The van der Waals surface area contributed by atoms with Crippen molar-refractivity contribution in [1.29, 1.82) is 0 Å². The van der Waals surface area contributed by atoms with Gasteiger partial charge in [-0.05, 0) is 48.6 Å². The van der Waals surface area contributed by atoms with Crippen molar-refractivity contribution in [2.24, 2.45) is 4.99 Å². The van der Waals surface area contributed by atoms with E-state index in [0.717, 1.165) is 10.8 Å². The number of thioether (sulfide) groups is 1. The Bertz CT molecular complexity index is 733. The highest BCUT2D eigenvalue weighted by molar-refractivity contribution is 8.13. The molecule has 1 atom stereocenters. The van der Waals surface area contributed by atoms with Gasteiger partial charge in [-0.1, -0.05) is 25.1 Å². The highest BCUT2D eigenvalue weighted by Gasteiger charge is 2.34. The molecule has 0 bridgehead atoms. The van der Waals surface area contributed by atoms with Gasteiger partial charge in [0.05, 0.1) is 17.7 Å². The van der Waals surface area contributed by atoms with E-state index in [1.165, 1.54) is 21.9 Å². The third-order valence-electron chi connectivity index (χ3n) is 4.57. The molecule has 0 spiro atoms. The van der Waals surface area contributed by atoms with Gasteiger partial charge in [0.1, 0.15) is 5.75 Å². The average molecular weight is 299 g/mol. The minimum absolute atomic E-state index is 0.0699. The third-order valence-corrected chi connectivity index (χ3v) is 5.27. The third kappa shape index (κ3) is 2.24. The highest BCUT2D eigenvalue weighted by Crippen LogP contribution is 2.43. The number of aliphatic imine (C=N–C) groups is 1. The lowest BCUT2D eigenvalue weighted by Gasteiger charge is -2.36. The minimum atomic E-state index is -0.0699. The molecule has 0 saturated heterocycles. The largest absolute Gasteiger partial charge is 0.497 e. The molecular formula is C18H21NOS. The van der Waals surface area contributed by atoms with Gasteiger partial charge in [-0.3, -0.25) is 4.99 Å². The van der Waals surface area contributed by atoms with Crippen LogP contribution < -0.4 is 4.74 Å². The molecule has 2 nitrogen and oxygen atoms in total. The lowest BCUT2D eigenvalue weighted by Crippen LogP contribution is -2.31. The smallest absolute Gasteiger partial charge is 0.119 e. The molecular weight excluding hydrogens is 278 g/mol. The second-order valence-electron chi connectivity index (χ2n) is 6.11. The Morgan fingerprint density at radius 3 is 2.62 bits per heavy atom. The van der Waals surface area contributed by atoms with E-state index in [0.29, 0.717) is 5.92 Å². The van der Waals surface area contributed by atoms with E-state index in [2.05, 4.69) is 51.3 Å². The molecule has 1 heterocycles. The Morgan fingerprint density at radius 1 is 1.19 bits per heavy atom. The van der Waals surface area contributed by atoms with Gasteiger partial charge in [0, 0.05) is 11.5 Å². The predicted octanol–water partition coefficient (Wildman–Crippen LogP) is 4.85. The zero-order valence-electron chi connectivity index (χ0n) is 13.2. The van der Waals surface area contributed by atoms with Crippen molar-refractivity contribution in [3.8, 4) is 5.75 Å². The number of rotatable bonds is 1. The van der Waals surface area contributed by atoms with E-state index >= 15 is 0 Å². The summed E-state index contributed by atoms with van der Waals surface area (Å²) in [5.41, 5.74) is 2.63. The van der Waals surface area contributed by atoms with Crippen LogP contribution in [-0.2, 0) is 0 Å². The number of fused-ring (bicyclic) bond motifs is 3. The molecule has 21 heavy (non-hydrogen) atoms. The van der Waals surface area contributed by atoms with Crippen molar-refractivity contribution in [2.45, 2.75) is 32.2 Å². The van der Waals surface area contributed by atoms with Crippen LogP contribution in [-0.4, -0.2) is 23.9 Å². The minimum Gasteiger partial charge on any atom is -0.497 e. The number of methoxy groups -OCH3 is 1. The van der Waals surface area contributed by atoms with E-state index in [1.807, 2.05) is 6.07 Å². The molecule has 3 rings (SSSR count). The number of hydrogen-bond acceptors (Lipinski definition) is 3. The molecule has 3 heteroatoms. The van der Waals surface area contributed by atoms with E-state index in [4.69, 9.17) is 9.73 Å². The maximum atomic E-state index is 5.35. The summed E-state index contributed by atoms with van der Waals surface area (Å²) in [7, 11) is 1.71. The van der Waals surface area contributed by atoms with Crippen LogP contribution in [0.5, 0.6) is 5.75 Å². The highest BCUT2D eigenvalue weighted by atomic mass is 32.2. The fraction of sp³-hybridized carbons (Fsp3) is 0.389. The molecule has 0 aromatic heterocycles. The molecule has 0 N–H and O–H groups in total. The first-order valence-corrected chi connectivity index (χ1v) is 8.45. The summed E-state index contributed by atoms with van der Waals surface area (Å²) in [6, 6.07) is 10.7. The fourth-order valence-corrected chi connectivity index (χ4v) is 3.76. The summed E-state index contributed by atoms with van der Waals surface area (Å²) >= 11 is 1.73. The standard InChI is InChI=1S/C18H21NOS/c1-11-16-14-9-7-13(20-4)10-12(14)6-8-15(16)17(21-5)19-18(11,2)3/h6-11H,1-5H3/t11-/m0/s1. The quantitative estimate of drug-likeness (QED) is 0.750. The van der Waals surface area contributed by atoms with Crippen LogP contribution in [0.2, 0.25) is 0 Å². The molecule has 0 saturated carbocycles. The molecule has 0 fully saturated rings. The maximum Gasteiger partial charge on any atom is 0.119 e. The molecule has 1 aliphatic rings. The lowest BCUT2D eigenvalue weighted by molar-refractivity contribution is 0.415. The monoisotopic (exact) mass is 299 g/mol. The number of nitrogens with zero attached hydrogens (tertiary/aromatic N) is 1. The van der Waals surface area contributed by atoms with Crippen LogP contribution in [0.1, 0.15) is 37.8 Å². The molecule has 1 aliphatic heterocycles. The topological polar surface area (TPSA) is 21.6 Å². The molecule has 2 aromatic carbocycles. The van der Waals surface area contributed by atoms with E-state index in [9.17, 15) is 0 Å². The van der Waals surface area contributed by atoms with Crippen molar-refractivity contribution in [1.82, 2.24) is 0 Å². The Morgan fingerprint density at radius 2 is 1.95 bits per heavy atom. The van der Waals surface area contributed by atoms with Crippen molar-refractivity contribution >= 4 is 27.6 Å². The van der Waals surface area contributed by atoms with Gasteiger partial charge in [0.2, 0.25) is 0 Å². The van der Waals surface area contributed by atoms with Crippen molar-refractivity contribution in [3.63, 3.8) is 0 Å². The number of benzene rings is 2. The first kappa shape index (κ1) is 14.5. The molecule has 2 aromatic rings. The molecule has 0 aliphatic carbocycles. The summed E-state index contributed by atoms with van der Waals surface area (Å²) in [6.45, 7) is 6.72. The van der Waals surface area contributed by atoms with Crippen molar-refractivity contribution in [2.75, 3.05) is 13.4 Å². The van der Waals surface area contributed by atoms with Gasteiger partial charge in [-0.15, -0.1) is 11.8 Å². The lowest BCUT2D eigenvalue weighted by atomic mass is 9.77. The van der Waals surface area contributed by atoms with Crippen LogP contribution in [0.15, 0.2) is 35.3 Å². The van der Waals surface area contributed by atoms with Crippen LogP contribution in [0.25, 0.3) is 10.8 Å². The summed E-state index contributed by atoms with van der Waals surface area (Å²) in [5, 5.41) is 3.69. The average Bonchev–Trinajstić information content (AvgIpc) is 2.49. The Labute approximate surface area is 130 Å². The van der Waals surface area contributed by atoms with Crippen molar-refractivity contribution in [3.05, 3.63) is 41.5 Å².